The van der Waals surface area contributed by atoms with Gasteiger partial charge in [0.2, 0.25) is 0 Å². The molecule has 0 saturated heterocycles. The second-order valence-corrected chi connectivity index (χ2v) is 3.97. The molecule has 0 radical (unpaired) electrons. The van der Waals surface area contributed by atoms with Crippen LogP contribution in [0.4, 0.5) is 0 Å². The molecule has 0 bridgehead atoms. The monoisotopic (exact) mass is 232 g/mol. The highest BCUT2D eigenvalue weighted by Crippen LogP contribution is 2.30. The molecule has 3 heteroatoms. The Morgan fingerprint density at radius 2 is 2.55 bits per heavy atom. The zero-order valence-electron chi connectivity index (χ0n) is 5.96. The summed E-state index contributed by atoms with van der Waals surface area (Å²) in [6.07, 6.45) is 1.93. The number of rotatable bonds is 3. The fraction of sp³-hybridized carbons (Fsp3) is 0.250. The molecule has 1 aromatic rings. The largest absolute Gasteiger partial charge is 0.387 e. The van der Waals surface area contributed by atoms with E-state index in [-0.39, 0.29) is 0 Å². The molecular formula is C8H9BrOS. The van der Waals surface area contributed by atoms with E-state index in [2.05, 4.69) is 22.5 Å². The van der Waals surface area contributed by atoms with Crippen molar-refractivity contribution in [1.82, 2.24) is 0 Å². The Balaban J connectivity index is 2.74. The molecular weight excluding hydrogens is 224 g/mol. The van der Waals surface area contributed by atoms with Crippen molar-refractivity contribution in [2.45, 2.75) is 12.5 Å². The fourth-order valence-electron chi connectivity index (χ4n) is 0.808. The maximum Gasteiger partial charge on any atom is 0.0927 e. The summed E-state index contributed by atoms with van der Waals surface area (Å²) in [5.41, 5.74) is 0. The molecule has 0 fully saturated rings. The molecule has 0 aromatic carbocycles. The standard InChI is InChI=1S/C8H9BrOS/c1-2-3-7(10)8-6(9)4-5-11-8/h2,4-5,7,10H,1,3H2. The molecule has 1 heterocycles. The van der Waals surface area contributed by atoms with E-state index in [1.807, 2.05) is 11.4 Å². The van der Waals surface area contributed by atoms with Crippen LogP contribution in [0.15, 0.2) is 28.6 Å². The molecule has 0 aliphatic rings. The topological polar surface area (TPSA) is 20.2 Å². The minimum absolute atomic E-state index is 0.401. The van der Waals surface area contributed by atoms with Gasteiger partial charge >= 0.3 is 0 Å². The van der Waals surface area contributed by atoms with Gasteiger partial charge in [0.25, 0.3) is 0 Å². The molecule has 1 N–H and O–H groups in total. The van der Waals surface area contributed by atoms with Gasteiger partial charge < -0.3 is 5.11 Å². The van der Waals surface area contributed by atoms with Crippen molar-refractivity contribution in [2.75, 3.05) is 0 Å². The van der Waals surface area contributed by atoms with Crippen LogP contribution in [-0.4, -0.2) is 5.11 Å². The number of halogens is 1. The molecule has 1 unspecified atom stereocenters. The quantitative estimate of drug-likeness (QED) is 0.795. The summed E-state index contributed by atoms with van der Waals surface area (Å²) in [5.74, 6) is 0. The van der Waals surface area contributed by atoms with Crippen LogP contribution in [0.2, 0.25) is 0 Å². The third-order valence-corrected chi connectivity index (χ3v) is 3.31. The lowest BCUT2D eigenvalue weighted by molar-refractivity contribution is 0.185. The highest BCUT2D eigenvalue weighted by atomic mass is 79.9. The molecule has 0 aliphatic heterocycles. The lowest BCUT2D eigenvalue weighted by Crippen LogP contribution is -1.91. The molecule has 0 amide bonds. The lowest BCUT2D eigenvalue weighted by Gasteiger charge is -2.04. The third kappa shape index (κ3) is 2.15. The molecule has 11 heavy (non-hydrogen) atoms. The summed E-state index contributed by atoms with van der Waals surface area (Å²) < 4.78 is 0.983. The zero-order chi connectivity index (χ0) is 8.27. The van der Waals surface area contributed by atoms with Gasteiger partial charge in [-0.2, -0.15) is 0 Å². The van der Waals surface area contributed by atoms with Crippen molar-refractivity contribution in [3.8, 4) is 0 Å². The number of hydrogen-bond acceptors (Lipinski definition) is 2. The van der Waals surface area contributed by atoms with E-state index in [1.165, 1.54) is 0 Å². The highest BCUT2D eigenvalue weighted by Gasteiger charge is 2.09. The van der Waals surface area contributed by atoms with Gasteiger partial charge in [-0.1, -0.05) is 6.08 Å². The van der Waals surface area contributed by atoms with Crippen molar-refractivity contribution in [3.05, 3.63) is 33.5 Å². The third-order valence-electron chi connectivity index (χ3n) is 1.34. The first-order valence-corrected chi connectivity index (χ1v) is 4.95. The maximum atomic E-state index is 9.50. The SMILES string of the molecule is C=CCC(O)c1sccc1Br. The minimum atomic E-state index is -0.401. The van der Waals surface area contributed by atoms with Crippen molar-refractivity contribution in [3.63, 3.8) is 0 Å². The second-order valence-electron chi connectivity index (χ2n) is 2.17. The van der Waals surface area contributed by atoms with Gasteiger partial charge in [0.15, 0.2) is 0 Å². The van der Waals surface area contributed by atoms with Gasteiger partial charge in [-0.3, -0.25) is 0 Å². The van der Waals surface area contributed by atoms with Crippen LogP contribution < -0.4 is 0 Å². The van der Waals surface area contributed by atoms with Crippen LogP contribution in [0, 0.1) is 0 Å². The number of aliphatic hydroxyl groups is 1. The molecule has 0 saturated carbocycles. The molecule has 1 nitrogen and oxygen atoms in total. The Hall–Kier alpha value is -0.120. The number of thiophene rings is 1. The van der Waals surface area contributed by atoms with E-state index in [0.29, 0.717) is 6.42 Å². The molecule has 0 aliphatic carbocycles. The zero-order valence-corrected chi connectivity index (χ0v) is 8.36. The van der Waals surface area contributed by atoms with Gasteiger partial charge in [-0.25, -0.2) is 0 Å². The normalized spacial score (nSPS) is 12.9. The second kappa shape index (κ2) is 4.04. The summed E-state index contributed by atoms with van der Waals surface area (Å²) in [4.78, 5) is 0.977. The Morgan fingerprint density at radius 3 is 3.00 bits per heavy atom. The smallest absolute Gasteiger partial charge is 0.0927 e. The Labute approximate surface area is 78.5 Å². The minimum Gasteiger partial charge on any atom is -0.387 e. The Morgan fingerprint density at radius 1 is 1.82 bits per heavy atom. The van der Waals surface area contributed by atoms with Gasteiger partial charge in [0.05, 0.1) is 6.10 Å². The van der Waals surface area contributed by atoms with Gasteiger partial charge in [0.1, 0.15) is 0 Å². The molecule has 1 rings (SSSR count). The first-order chi connectivity index (χ1) is 5.25. The van der Waals surface area contributed by atoms with Crippen molar-refractivity contribution >= 4 is 27.3 Å². The van der Waals surface area contributed by atoms with E-state index in [1.54, 1.807) is 17.4 Å². The maximum absolute atomic E-state index is 9.50. The first kappa shape index (κ1) is 8.97. The molecule has 1 atom stereocenters. The van der Waals surface area contributed by atoms with Gasteiger partial charge in [-0.15, -0.1) is 17.9 Å². The predicted molar refractivity (Wildman–Crippen MR) is 51.8 cm³/mol. The number of aliphatic hydroxyl groups excluding tert-OH is 1. The van der Waals surface area contributed by atoms with Crippen LogP contribution in [-0.2, 0) is 0 Å². The van der Waals surface area contributed by atoms with E-state index >= 15 is 0 Å². The highest BCUT2D eigenvalue weighted by molar-refractivity contribution is 9.10. The van der Waals surface area contributed by atoms with E-state index in [4.69, 9.17) is 0 Å². The molecule has 60 valence electrons. The Kier molecular flexibility index (Phi) is 3.30. The molecule has 1 aromatic heterocycles. The fourth-order valence-corrected chi connectivity index (χ4v) is 2.44. The van der Waals surface area contributed by atoms with Crippen LogP contribution in [0.3, 0.4) is 0 Å². The van der Waals surface area contributed by atoms with E-state index in [9.17, 15) is 5.11 Å². The summed E-state index contributed by atoms with van der Waals surface area (Å²) >= 11 is 4.91. The summed E-state index contributed by atoms with van der Waals surface area (Å²) in [5, 5.41) is 11.4. The molecule has 0 spiro atoms. The number of hydrogen-bond donors (Lipinski definition) is 1. The van der Waals surface area contributed by atoms with E-state index < -0.39 is 6.10 Å². The van der Waals surface area contributed by atoms with Crippen LogP contribution in [0.5, 0.6) is 0 Å². The first-order valence-electron chi connectivity index (χ1n) is 3.27. The van der Waals surface area contributed by atoms with Crippen molar-refractivity contribution in [2.24, 2.45) is 0 Å². The van der Waals surface area contributed by atoms with Crippen LogP contribution in [0.1, 0.15) is 17.4 Å². The average Bonchev–Trinajstić information content (AvgIpc) is 2.36. The Bertz CT molecular complexity index is 244. The summed E-state index contributed by atoms with van der Waals surface area (Å²) in [6.45, 7) is 3.57. The summed E-state index contributed by atoms with van der Waals surface area (Å²) in [7, 11) is 0. The van der Waals surface area contributed by atoms with Gasteiger partial charge in [-0.05, 0) is 33.8 Å². The van der Waals surface area contributed by atoms with Crippen LogP contribution in [0.25, 0.3) is 0 Å². The van der Waals surface area contributed by atoms with Crippen LogP contribution >= 0.6 is 27.3 Å². The van der Waals surface area contributed by atoms with Crippen molar-refractivity contribution in [1.29, 1.82) is 0 Å². The van der Waals surface area contributed by atoms with Crippen molar-refractivity contribution < 1.29 is 5.11 Å². The summed E-state index contributed by atoms with van der Waals surface area (Å²) in [6, 6.07) is 1.94. The van der Waals surface area contributed by atoms with E-state index in [0.717, 1.165) is 9.35 Å². The average molecular weight is 233 g/mol. The lowest BCUT2D eigenvalue weighted by atomic mass is 10.2. The predicted octanol–water partition coefficient (Wildman–Crippen LogP) is 3.12. The van der Waals surface area contributed by atoms with Gasteiger partial charge in [0, 0.05) is 9.35 Å².